The first-order valence-electron chi connectivity index (χ1n) is 7.13. The van der Waals surface area contributed by atoms with Gasteiger partial charge in [0, 0.05) is 19.3 Å². The Labute approximate surface area is 130 Å². The molecule has 1 amide bonds. The van der Waals surface area contributed by atoms with Crippen molar-refractivity contribution in [3.05, 3.63) is 23.2 Å². The van der Waals surface area contributed by atoms with Gasteiger partial charge in [0.25, 0.3) is 0 Å². The lowest BCUT2D eigenvalue weighted by Crippen LogP contribution is -2.37. The van der Waals surface area contributed by atoms with Crippen molar-refractivity contribution >= 4 is 23.2 Å². The fourth-order valence-corrected chi connectivity index (χ4v) is 2.49. The average Bonchev–Trinajstić information content (AvgIpc) is 2.50. The fraction of sp³-hybridized carbons (Fsp3) is 0.533. The maximum absolute atomic E-state index is 12.1. The molecule has 5 nitrogen and oxygen atoms in total. The number of nitrogens with one attached hydrogen (secondary N) is 2. The number of hydrogen-bond acceptors (Lipinski definition) is 4. The molecule has 0 radical (unpaired) electrons. The summed E-state index contributed by atoms with van der Waals surface area (Å²) in [6.07, 6.45) is 1.95. The highest BCUT2D eigenvalue weighted by Crippen LogP contribution is 2.28. The third-order valence-corrected chi connectivity index (χ3v) is 3.71. The van der Waals surface area contributed by atoms with E-state index in [1.165, 1.54) is 0 Å². The van der Waals surface area contributed by atoms with Gasteiger partial charge in [0.1, 0.15) is 12.4 Å². The van der Waals surface area contributed by atoms with Gasteiger partial charge in [0.2, 0.25) is 5.91 Å². The molecular weight excluding hydrogens is 292 g/mol. The summed E-state index contributed by atoms with van der Waals surface area (Å²) in [5.41, 5.74) is 0.690. The van der Waals surface area contributed by atoms with E-state index in [9.17, 15) is 4.79 Å². The van der Waals surface area contributed by atoms with E-state index in [1.807, 2.05) is 0 Å². The summed E-state index contributed by atoms with van der Waals surface area (Å²) < 4.78 is 10.4. The lowest BCUT2D eigenvalue weighted by Gasteiger charge is -2.22. The predicted octanol–water partition coefficient (Wildman–Crippen LogP) is 2.30. The minimum absolute atomic E-state index is 0.0233. The molecule has 0 saturated carbocycles. The van der Waals surface area contributed by atoms with E-state index in [-0.39, 0.29) is 11.8 Å². The van der Waals surface area contributed by atoms with Crippen molar-refractivity contribution in [2.24, 2.45) is 5.92 Å². The summed E-state index contributed by atoms with van der Waals surface area (Å²) in [4.78, 5) is 12.1. The highest BCUT2D eigenvalue weighted by Gasteiger charge is 2.21. The third kappa shape index (κ3) is 4.88. The van der Waals surface area contributed by atoms with Gasteiger partial charge in [0.05, 0.1) is 17.5 Å². The monoisotopic (exact) mass is 312 g/mol. The van der Waals surface area contributed by atoms with Crippen LogP contribution in [0.3, 0.4) is 0 Å². The molecule has 0 aromatic heterocycles. The molecule has 2 N–H and O–H groups in total. The molecule has 0 bridgehead atoms. The number of anilines is 1. The summed E-state index contributed by atoms with van der Waals surface area (Å²) in [5.74, 6) is 0.646. The molecule has 2 rings (SSSR count). The highest BCUT2D eigenvalue weighted by molar-refractivity contribution is 6.32. The van der Waals surface area contributed by atoms with E-state index in [2.05, 4.69) is 10.6 Å². The second-order valence-corrected chi connectivity index (χ2v) is 5.43. The predicted molar refractivity (Wildman–Crippen MR) is 83.0 cm³/mol. The first-order valence-corrected chi connectivity index (χ1v) is 7.51. The van der Waals surface area contributed by atoms with Crippen LogP contribution >= 0.6 is 11.6 Å². The molecule has 1 atom stereocenters. The van der Waals surface area contributed by atoms with Gasteiger partial charge in [-0.2, -0.15) is 0 Å². The average molecular weight is 313 g/mol. The van der Waals surface area contributed by atoms with Crippen molar-refractivity contribution in [2.45, 2.75) is 12.8 Å². The number of piperidine rings is 1. The third-order valence-electron chi connectivity index (χ3n) is 3.41. The number of benzene rings is 1. The number of ether oxygens (including phenoxy) is 2. The van der Waals surface area contributed by atoms with Crippen LogP contribution in [0.25, 0.3) is 0 Å². The van der Waals surface area contributed by atoms with Crippen molar-refractivity contribution in [2.75, 3.05) is 38.7 Å². The Hall–Kier alpha value is -1.30. The van der Waals surface area contributed by atoms with Crippen molar-refractivity contribution in [3.8, 4) is 5.75 Å². The largest absolute Gasteiger partial charge is 0.490 e. The highest BCUT2D eigenvalue weighted by atomic mass is 35.5. The summed E-state index contributed by atoms with van der Waals surface area (Å²) in [7, 11) is 1.61. The van der Waals surface area contributed by atoms with Crippen LogP contribution in [0.5, 0.6) is 5.75 Å². The second-order valence-electron chi connectivity index (χ2n) is 5.02. The van der Waals surface area contributed by atoms with Crippen LogP contribution in [0.15, 0.2) is 18.2 Å². The molecule has 116 valence electrons. The van der Waals surface area contributed by atoms with Crippen LogP contribution in [0.4, 0.5) is 5.69 Å². The Morgan fingerprint density at radius 1 is 1.48 bits per heavy atom. The van der Waals surface area contributed by atoms with Crippen LogP contribution in [-0.4, -0.2) is 39.3 Å². The maximum atomic E-state index is 12.1. The Bertz CT molecular complexity index is 476. The first-order chi connectivity index (χ1) is 10.2. The van der Waals surface area contributed by atoms with E-state index < -0.39 is 0 Å². The van der Waals surface area contributed by atoms with Crippen molar-refractivity contribution in [3.63, 3.8) is 0 Å². The zero-order valence-corrected chi connectivity index (χ0v) is 12.9. The van der Waals surface area contributed by atoms with Gasteiger partial charge in [-0.25, -0.2) is 0 Å². The van der Waals surface area contributed by atoms with Gasteiger partial charge >= 0.3 is 0 Å². The topological polar surface area (TPSA) is 59.6 Å². The SMILES string of the molecule is COCCOc1ccc(NC(=O)C2CCCNC2)cc1Cl. The van der Waals surface area contributed by atoms with Crippen LogP contribution < -0.4 is 15.4 Å². The van der Waals surface area contributed by atoms with Crippen molar-refractivity contribution in [1.29, 1.82) is 0 Å². The molecule has 0 aliphatic carbocycles. The molecule has 1 fully saturated rings. The zero-order chi connectivity index (χ0) is 15.1. The Morgan fingerprint density at radius 3 is 3.00 bits per heavy atom. The van der Waals surface area contributed by atoms with Gasteiger partial charge in [-0.3, -0.25) is 4.79 Å². The standard InChI is InChI=1S/C15H21ClN2O3/c1-20-7-8-21-14-5-4-12(9-13(14)16)18-15(19)11-3-2-6-17-10-11/h4-5,9,11,17H,2-3,6-8,10H2,1H3,(H,18,19). The molecule has 1 aliphatic rings. The van der Waals surface area contributed by atoms with Crippen molar-refractivity contribution in [1.82, 2.24) is 5.32 Å². The quantitative estimate of drug-likeness (QED) is 0.791. The summed E-state index contributed by atoms with van der Waals surface area (Å²) >= 11 is 6.15. The molecule has 1 unspecified atom stereocenters. The Morgan fingerprint density at radius 2 is 2.33 bits per heavy atom. The molecule has 1 aromatic carbocycles. The number of methoxy groups -OCH3 is 1. The minimum Gasteiger partial charge on any atom is -0.490 e. The lowest BCUT2D eigenvalue weighted by molar-refractivity contribution is -0.120. The number of amides is 1. The van der Waals surface area contributed by atoms with Crippen molar-refractivity contribution < 1.29 is 14.3 Å². The molecule has 1 aromatic rings. The van der Waals surface area contributed by atoms with Gasteiger partial charge < -0.3 is 20.1 Å². The van der Waals surface area contributed by atoms with E-state index in [0.29, 0.717) is 29.7 Å². The number of rotatable bonds is 6. The smallest absolute Gasteiger partial charge is 0.228 e. The zero-order valence-electron chi connectivity index (χ0n) is 12.2. The number of halogens is 1. The molecule has 0 spiro atoms. The summed E-state index contributed by atoms with van der Waals surface area (Å²) in [6.45, 7) is 2.67. The lowest BCUT2D eigenvalue weighted by atomic mass is 9.99. The molecule has 1 heterocycles. The normalized spacial score (nSPS) is 18.3. The van der Waals surface area contributed by atoms with Crippen LogP contribution in [0.1, 0.15) is 12.8 Å². The van der Waals surface area contributed by atoms with E-state index in [0.717, 1.165) is 25.9 Å². The van der Waals surface area contributed by atoms with E-state index in [1.54, 1.807) is 25.3 Å². The van der Waals surface area contributed by atoms with Gasteiger partial charge in [-0.15, -0.1) is 0 Å². The van der Waals surface area contributed by atoms with E-state index in [4.69, 9.17) is 21.1 Å². The molecule has 1 saturated heterocycles. The maximum Gasteiger partial charge on any atom is 0.228 e. The first kappa shape index (κ1) is 16.1. The molecule has 21 heavy (non-hydrogen) atoms. The molecule has 1 aliphatic heterocycles. The molecular formula is C15H21ClN2O3. The molecule has 6 heteroatoms. The fourth-order valence-electron chi connectivity index (χ4n) is 2.25. The number of hydrogen-bond donors (Lipinski definition) is 2. The van der Waals surface area contributed by atoms with E-state index >= 15 is 0 Å². The second kappa shape index (κ2) is 8.22. The number of carbonyl (C=O) groups excluding carboxylic acids is 1. The van der Waals surface area contributed by atoms with Gasteiger partial charge in [-0.05, 0) is 37.6 Å². The Balaban J connectivity index is 1.91. The van der Waals surface area contributed by atoms with Crippen LogP contribution in [-0.2, 0) is 9.53 Å². The van der Waals surface area contributed by atoms with Crippen LogP contribution in [0, 0.1) is 5.92 Å². The Kier molecular flexibility index (Phi) is 6.29. The minimum atomic E-state index is 0.0233. The van der Waals surface area contributed by atoms with Gasteiger partial charge in [0.15, 0.2) is 0 Å². The van der Waals surface area contributed by atoms with Gasteiger partial charge in [-0.1, -0.05) is 11.6 Å². The summed E-state index contributed by atoms with van der Waals surface area (Å²) in [6, 6.07) is 5.26. The summed E-state index contributed by atoms with van der Waals surface area (Å²) in [5, 5.41) is 6.61. The number of carbonyl (C=O) groups is 1. The van der Waals surface area contributed by atoms with Crippen LogP contribution in [0.2, 0.25) is 5.02 Å².